The Kier molecular flexibility index (Phi) is 19.8. The molecule has 0 rings (SSSR count). The molecule has 0 aromatic heterocycles. The van der Waals surface area contributed by atoms with Gasteiger partial charge in [0.05, 0.1) is 0 Å². The van der Waals surface area contributed by atoms with Crippen LogP contribution in [-0.2, 0) is 0 Å². The topological polar surface area (TPSA) is 0 Å². The first kappa shape index (κ1) is 27.7. The lowest BCUT2D eigenvalue weighted by molar-refractivity contribution is 0.220. The molecular weight excluding hydrogens is 336 g/mol. The summed E-state index contributed by atoms with van der Waals surface area (Å²) in [6.07, 6.45) is 30.6. The molecule has 0 aliphatic rings. The number of allylic oxidation sites excluding steroid dienone is 1. The van der Waals surface area contributed by atoms with Crippen molar-refractivity contribution in [1.29, 1.82) is 0 Å². The third-order valence-electron chi connectivity index (χ3n) is 7.54. The summed E-state index contributed by atoms with van der Waals surface area (Å²) < 4.78 is 0. The molecule has 0 bridgehead atoms. The van der Waals surface area contributed by atoms with E-state index in [2.05, 4.69) is 40.3 Å². The fourth-order valence-corrected chi connectivity index (χ4v) is 4.81. The summed E-state index contributed by atoms with van der Waals surface area (Å²) in [6, 6.07) is 0. The maximum absolute atomic E-state index is 4.10. The van der Waals surface area contributed by atoms with Gasteiger partial charge < -0.3 is 0 Å². The molecule has 0 heteroatoms. The second-order valence-electron chi connectivity index (χ2n) is 9.48. The molecule has 0 aromatic rings. The van der Waals surface area contributed by atoms with Crippen LogP contribution in [0.2, 0.25) is 0 Å². The van der Waals surface area contributed by atoms with Crippen LogP contribution < -0.4 is 0 Å². The van der Waals surface area contributed by atoms with Crippen molar-refractivity contribution in [2.75, 3.05) is 0 Å². The molecule has 0 N–H and O–H groups in total. The molecule has 0 nitrogen and oxygen atoms in total. The Morgan fingerprint density at radius 3 is 1.36 bits per heavy atom. The molecule has 0 radical (unpaired) electrons. The zero-order valence-corrected chi connectivity index (χ0v) is 20.5. The first-order valence-electron chi connectivity index (χ1n) is 13.3. The molecule has 0 aliphatic heterocycles. The lowest BCUT2D eigenvalue weighted by Crippen LogP contribution is -2.17. The Morgan fingerprint density at radius 2 is 0.964 bits per heavy atom. The first-order chi connectivity index (χ1) is 13.7. The largest absolute Gasteiger partial charge is 0.103 e. The van der Waals surface area contributed by atoms with Crippen molar-refractivity contribution < 1.29 is 0 Å². The second-order valence-corrected chi connectivity index (χ2v) is 9.48. The Bertz CT molecular complexity index is 304. The maximum Gasteiger partial charge on any atom is -0.0236 e. The molecule has 0 aromatic carbocycles. The summed E-state index contributed by atoms with van der Waals surface area (Å²) >= 11 is 0. The molecule has 0 saturated heterocycles. The number of rotatable bonds is 22. The Hall–Kier alpha value is -0.260. The molecule has 0 fully saturated rings. The van der Waals surface area contributed by atoms with Crippen LogP contribution in [0, 0.1) is 11.3 Å². The SMILES string of the molecule is C=CC(CCCCCCCCCC)CCCCCCCCC(CC)(CC)CC. The van der Waals surface area contributed by atoms with Gasteiger partial charge >= 0.3 is 0 Å². The average molecular weight is 393 g/mol. The standard InChI is InChI=1S/C28H56/c1-6-11-12-13-14-15-18-21-24-27(7-2)25-22-19-16-17-20-23-26-28(8-3,9-4)10-5/h7,27H,2,6,8-26H2,1,3-5H3. The van der Waals surface area contributed by atoms with Crippen molar-refractivity contribution in [1.82, 2.24) is 0 Å². The molecule has 0 amide bonds. The Morgan fingerprint density at radius 1 is 0.571 bits per heavy atom. The fraction of sp³-hybridized carbons (Fsp3) is 0.929. The monoisotopic (exact) mass is 392 g/mol. The number of unbranched alkanes of at least 4 members (excludes halogenated alkanes) is 12. The second kappa shape index (κ2) is 20.0. The van der Waals surface area contributed by atoms with Crippen LogP contribution in [-0.4, -0.2) is 0 Å². The van der Waals surface area contributed by atoms with Crippen LogP contribution >= 0.6 is 0 Å². The summed E-state index contributed by atoms with van der Waals surface area (Å²) in [6.45, 7) is 13.6. The van der Waals surface area contributed by atoms with Crippen LogP contribution in [0.3, 0.4) is 0 Å². The molecule has 168 valence electrons. The predicted octanol–water partition coefficient (Wildman–Crippen LogP) is 10.7. The lowest BCUT2D eigenvalue weighted by Gasteiger charge is -2.30. The third-order valence-corrected chi connectivity index (χ3v) is 7.54. The van der Waals surface area contributed by atoms with Crippen molar-refractivity contribution in [3.8, 4) is 0 Å². The number of hydrogen-bond acceptors (Lipinski definition) is 0. The lowest BCUT2D eigenvalue weighted by atomic mass is 9.75. The molecule has 1 atom stereocenters. The van der Waals surface area contributed by atoms with E-state index < -0.39 is 0 Å². The van der Waals surface area contributed by atoms with Gasteiger partial charge in [0.2, 0.25) is 0 Å². The molecule has 0 saturated carbocycles. The molecule has 0 spiro atoms. The van der Waals surface area contributed by atoms with Gasteiger partial charge in [-0.3, -0.25) is 0 Å². The Balaban J connectivity index is 3.53. The molecule has 0 heterocycles. The van der Waals surface area contributed by atoms with E-state index in [9.17, 15) is 0 Å². The molecular formula is C28H56. The van der Waals surface area contributed by atoms with Crippen LogP contribution in [0.15, 0.2) is 12.7 Å². The van der Waals surface area contributed by atoms with Crippen molar-refractivity contribution in [3.63, 3.8) is 0 Å². The summed E-state index contributed by atoms with van der Waals surface area (Å²) in [7, 11) is 0. The number of hydrogen-bond donors (Lipinski definition) is 0. The van der Waals surface area contributed by atoms with Crippen molar-refractivity contribution in [2.45, 2.75) is 156 Å². The van der Waals surface area contributed by atoms with Crippen LogP contribution in [0.1, 0.15) is 156 Å². The van der Waals surface area contributed by atoms with E-state index in [-0.39, 0.29) is 0 Å². The average Bonchev–Trinajstić information content (AvgIpc) is 2.73. The van der Waals surface area contributed by atoms with Gasteiger partial charge in [0.25, 0.3) is 0 Å². The third kappa shape index (κ3) is 14.7. The van der Waals surface area contributed by atoms with Gasteiger partial charge in [0, 0.05) is 0 Å². The zero-order valence-electron chi connectivity index (χ0n) is 20.5. The van der Waals surface area contributed by atoms with Crippen molar-refractivity contribution in [2.24, 2.45) is 11.3 Å². The van der Waals surface area contributed by atoms with Crippen LogP contribution in [0.25, 0.3) is 0 Å². The van der Waals surface area contributed by atoms with Gasteiger partial charge in [-0.25, -0.2) is 0 Å². The molecule has 1 unspecified atom stereocenters. The van der Waals surface area contributed by atoms with Crippen LogP contribution in [0.4, 0.5) is 0 Å². The van der Waals surface area contributed by atoms with E-state index in [0.717, 1.165) is 5.92 Å². The highest BCUT2D eigenvalue weighted by molar-refractivity contribution is 4.79. The Labute approximate surface area is 180 Å². The minimum atomic E-state index is 0.646. The van der Waals surface area contributed by atoms with Gasteiger partial charge in [-0.15, -0.1) is 6.58 Å². The smallest absolute Gasteiger partial charge is 0.0236 e. The van der Waals surface area contributed by atoms with E-state index >= 15 is 0 Å². The highest BCUT2D eigenvalue weighted by Crippen LogP contribution is 2.36. The molecule has 28 heavy (non-hydrogen) atoms. The highest BCUT2D eigenvalue weighted by atomic mass is 14.3. The van der Waals surface area contributed by atoms with E-state index in [1.165, 1.54) is 128 Å². The quantitative estimate of drug-likeness (QED) is 0.127. The first-order valence-corrected chi connectivity index (χ1v) is 13.3. The van der Waals surface area contributed by atoms with Gasteiger partial charge in [-0.05, 0) is 30.6 Å². The van der Waals surface area contributed by atoms with Crippen molar-refractivity contribution in [3.05, 3.63) is 12.7 Å². The van der Waals surface area contributed by atoms with E-state index in [4.69, 9.17) is 0 Å². The van der Waals surface area contributed by atoms with Crippen LogP contribution in [0.5, 0.6) is 0 Å². The minimum Gasteiger partial charge on any atom is -0.103 e. The van der Waals surface area contributed by atoms with Gasteiger partial charge in [-0.1, -0.05) is 143 Å². The molecule has 0 aliphatic carbocycles. The summed E-state index contributed by atoms with van der Waals surface area (Å²) in [5, 5.41) is 0. The van der Waals surface area contributed by atoms with Gasteiger partial charge in [-0.2, -0.15) is 0 Å². The summed E-state index contributed by atoms with van der Waals surface area (Å²) in [4.78, 5) is 0. The summed E-state index contributed by atoms with van der Waals surface area (Å²) in [5.41, 5.74) is 0.646. The van der Waals surface area contributed by atoms with Gasteiger partial charge in [0.15, 0.2) is 0 Å². The predicted molar refractivity (Wildman–Crippen MR) is 131 cm³/mol. The highest BCUT2D eigenvalue weighted by Gasteiger charge is 2.22. The fourth-order valence-electron chi connectivity index (χ4n) is 4.81. The van der Waals surface area contributed by atoms with E-state index in [0.29, 0.717) is 5.41 Å². The zero-order chi connectivity index (χ0) is 20.9. The van der Waals surface area contributed by atoms with Gasteiger partial charge in [0.1, 0.15) is 0 Å². The van der Waals surface area contributed by atoms with E-state index in [1.807, 2.05) is 0 Å². The van der Waals surface area contributed by atoms with Crippen molar-refractivity contribution >= 4 is 0 Å². The normalized spacial score (nSPS) is 13.0. The minimum absolute atomic E-state index is 0.646. The maximum atomic E-state index is 4.10. The van der Waals surface area contributed by atoms with E-state index in [1.54, 1.807) is 0 Å². The summed E-state index contributed by atoms with van der Waals surface area (Å²) in [5.74, 6) is 0.777.